The van der Waals surface area contributed by atoms with Crippen molar-refractivity contribution in [2.75, 3.05) is 7.05 Å². The summed E-state index contributed by atoms with van der Waals surface area (Å²) in [6, 6.07) is 19.7. The number of carbonyl (C=O) groups excluding carboxylic acids is 1. The Bertz CT molecular complexity index is 485. The van der Waals surface area contributed by atoms with Crippen LogP contribution in [0.2, 0.25) is 0 Å². The standard InChI is InChI=1S/C16H17NO.H2/c1-16(15(18)17-2,13-9-5-3-6-10-13)14-11-7-4-8-12-14;/h3-12H,1-2H3,(H,17,18);1H. The van der Waals surface area contributed by atoms with Crippen molar-refractivity contribution >= 4 is 5.91 Å². The highest BCUT2D eigenvalue weighted by Crippen LogP contribution is 2.31. The molecule has 0 spiro atoms. The average molecular weight is 241 g/mol. The van der Waals surface area contributed by atoms with Gasteiger partial charge in [-0.15, -0.1) is 0 Å². The molecule has 2 nitrogen and oxygen atoms in total. The van der Waals surface area contributed by atoms with Gasteiger partial charge in [-0.1, -0.05) is 60.7 Å². The first-order chi connectivity index (χ1) is 8.69. The number of hydrogen-bond donors (Lipinski definition) is 1. The van der Waals surface area contributed by atoms with Crippen LogP contribution in [0.15, 0.2) is 60.7 Å². The molecule has 0 unspecified atom stereocenters. The number of likely N-dealkylation sites (N-methyl/N-ethyl adjacent to an activating group) is 1. The van der Waals surface area contributed by atoms with Crippen LogP contribution < -0.4 is 5.32 Å². The van der Waals surface area contributed by atoms with Crippen LogP contribution in [-0.2, 0) is 10.2 Å². The summed E-state index contributed by atoms with van der Waals surface area (Å²) in [7, 11) is 1.67. The molecule has 0 aliphatic rings. The molecule has 1 N–H and O–H groups in total. The molecule has 0 aromatic heterocycles. The molecule has 0 bridgehead atoms. The normalized spacial score (nSPS) is 11.0. The molecule has 0 aliphatic carbocycles. The number of hydrogen-bond acceptors (Lipinski definition) is 1. The monoisotopic (exact) mass is 241 g/mol. The third-order valence-electron chi connectivity index (χ3n) is 3.38. The van der Waals surface area contributed by atoms with Crippen LogP contribution in [0.3, 0.4) is 0 Å². The van der Waals surface area contributed by atoms with Crippen LogP contribution in [0.5, 0.6) is 0 Å². The Hall–Kier alpha value is -2.09. The minimum absolute atomic E-state index is 0. The fourth-order valence-corrected chi connectivity index (χ4v) is 2.22. The number of nitrogens with one attached hydrogen (secondary N) is 1. The first-order valence-corrected chi connectivity index (χ1v) is 6.03. The smallest absolute Gasteiger partial charge is 0.234 e. The molecule has 2 rings (SSSR count). The van der Waals surface area contributed by atoms with Gasteiger partial charge in [-0.05, 0) is 18.1 Å². The average Bonchev–Trinajstić information content (AvgIpc) is 2.47. The molecule has 0 fully saturated rings. The molecule has 18 heavy (non-hydrogen) atoms. The van der Waals surface area contributed by atoms with Gasteiger partial charge in [-0.25, -0.2) is 0 Å². The predicted octanol–water partition coefficient (Wildman–Crippen LogP) is 2.98. The lowest BCUT2D eigenvalue weighted by Gasteiger charge is -2.28. The largest absolute Gasteiger partial charge is 0.358 e. The molecule has 2 aromatic carbocycles. The van der Waals surface area contributed by atoms with Gasteiger partial charge in [0, 0.05) is 8.47 Å². The molecular formula is C16H19NO. The second kappa shape index (κ2) is 5.05. The number of rotatable bonds is 3. The molecule has 0 saturated heterocycles. The molecule has 1 amide bonds. The minimum Gasteiger partial charge on any atom is -0.358 e. The summed E-state index contributed by atoms with van der Waals surface area (Å²) in [6.07, 6.45) is 0. The molecule has 0 atom stereocenters. The lowest BCUT2D eigenvalue weighted by molar-refractivity contribution is -0.124. The summed E-state index contributed by atoms with van der Waals surface area (Å²) in [4.78, 5) is 12.3. The number of carbonyl (C=O) groups is 1. The summed E-state index contributed by atoms with van der Waals surface area (Å²) in [6.45, 7) is 1.95. The van der Waals surface area contributed by atoms with Gasteiger partial charge < -0.3 is 5.32 Å². The number of amides is 1. The Morgan fingerprint density at radius 2 is 1.33 bits per heavy atom. The van der Waals surface area contributed by atoms with Crippen molar-refractivity contribution in [3.8, 4) is 0 Å². The van der Waals surface area contributed by atoms with E-state index in [0.717, 1.165) is 11.1 Å². The van der Waals surface area contributed by atoms with Crippen LogP contribution in [0.25, 0.3) is 0 Å². The van der Waals surface area contributed by atoms with Crippen molar-refractivity contribution in [2.45, 2.75) is 12.3 Å². The quantitative estimate of drug-likeness (QED) is 0.879. The van der Waals surface area contributed by atoms with Gasteiger partial charge in [0.05, 0.1) is 5.41 Å². The van der Waals surface area contributed by atoms with E-state index in [1.54, 1.807) is 7.05 Å². The highest BCUT2D eigenvalue weighted by molar-refractivity contribution is 5.91. The molecule has 0 aliphatic heterocycles. The van der Waals surface area contributed by atoms with Crippen molar-refractivity contribution in [1.82, 2.24) is 5.32 Å². The summed E-state index contributed by atoms with van der Waals surface area (Å²) in [5.41, 5.74) is 1.34. The third-order valence-corrected chi connectivity index (χ3v) is 3.38. The zero-order chi connectivity index (χ0) is 13.0. The summed E-state index contributed by atoms with van der Waals surface area (Å²) in [5.74, 6) is -0.0000926. The Morgan fingerprint density at radius 1 is 0.944 bits per heavy atom. The first-order valence-electron chi connectivity index (χ1n) is 6.03. The van der Waals surface area contributed by atoms with Crippen molar-refractivity contribution < 1.29 is 6.22 Å². The second-order valence-corrected chi connectivity index (χ2v) is 4.44. The van der Waals surface area contributed by atoms with Gasteiger partial charge in [0.25, 0.3) is 0 Å². The Labute approximate surface area is 109 Å². The van der Waals surface area contributed by atoms with Gasteiger partial charge in [-0.3, -0.25) is 4.79 Å². The summed E-state index contributed by atoms with van der Waals surface area (Å²) >= 11 is 0. The molecule has 2 heteroatoms. The van der Waals surface area contributed by atoms with E-state index in [-0.39, 0.29) is 7.33 Å². The first kappa shape index (κ1) is 12.4. The minimum atomic E-state index is -0.655. The maximum absolute atomic E-state index is 12.3. The maximum atomic E-state index is 12.3. The zero-order valence-electron chi connectivity index (χ0n) is 10.7. The van der Waals surface area contributed by atoms with Gasteiger partial charge >= 0.3 is 0 Å². The highest BCUT2D eigenvalue weighted by atomic mass is 16.2. The van der Waals surface area contributed by atoms with E-state index >= 15 is 0 Å². The Morgan fingerprint density at radius 3 is 1.67 bits per heavy atom. The molecule has 94 valence electrons. The van der Waals surface area contributed by atoms with Crippen LogP contribution in [0.4, 0.5) is 0 Å². The van der Waals surface area contributed by atoms with E-state index in [0.29, 0.717) is 0 Å². The molecule has 0 saturated carbocycles. The molecule has 2 aromatic rings. The Kier molecular flexibility index (Phi) is 3.47. The van der Waals surface area contributed by atoms with E-state index in [9.17, 15) is 4.79 Å². The van der Waals surface area contributed by atoms with E-state index < -0.39 is 5.41 Å². The van der Waals surface area contributed by atoms with Crippen molar-refractivity contribution in [1.29, 1.82) is 0 Å². The lowest BCUT2D eigenvalue weighted by atomic mass is 9.75. The van der Waals surface area contributed by atoms with Gasteiger partial charge in [0.1, 0.15) is 0 Å². The van der Waals surface area contributed by atoms with Crippen molar-refractivity contribution in [3.63, 3.8) is 0 Å². The van der Waals surface area contributed by atoms with Crippen molar-refractivity contribution in [3.05, 3.63) is 71.8 Å². The lowest BCUT2D eigenvalue weighted by Crippen LogP contribution is -2.41. The van der Waals surface area contributed by atoms with Gasteiger partial charge in [-0.2, -0.15) is 0 Å². The van der Waals surface area contributed by atoms with E-state index in [4.69, 9.17) is 0 Å². The van der Waals surface area contributed by atoms with Gasteiger partial charge in [0.15, 0.2) is 0 Å². The van der Waals surface area contributed by atoms with Crippen LogP contribution in [-0.4, -0.2) is 13.0 Å². The summed E-state index contributed by atoms with van der Waals surface area (Å²) < 4.78 is 0. The van der Waals surface area contributed by atoms with E-state index in [1.807, 2.05) is 67.6 Å². The van der Waals surface area contributed by atoms with E-state index in [1.165, 1.54) is 0 Å². The van der Waals surface area contributed by atoms with Crippen LogP contribution in [0.1, 0.15) is 19.5 Å². The SMILES string of the molecule is CNC(=O)C(C)(c1ccccc1)c1ccccc1.[HH]. The number of benzene rings is 2. The van der Waals surface area contributed by atoms with Crippen molar-refractivity contribution in [2.24, 2.45) is 0 Å². The zero-order valence-corrected chi connectivity index (χ0v) is 10.7. The van der Waals surface area contributed by atoms with E-state index in [2.05, 4.69) is 5.32 Å². The predicted molar refractivity (Wildman–Crippen MR) is 75.5 cm³/mol. The van der Waals surface area contributed by atoms with Gasteiger partial charge in [0.2, 0.25) is 5.91 Å². The summed E-state index contributed by atoms with van der Waals surface area (Å²) in [5, 5.41) is 2.76. The topological polar surface area (TPSA) is 29.1 Å². The fourth-order valence-electron chi connectivity index (χ4n) is 2.22. The third kappa shape index (κ3) is 2.02. The Balaban J connectivity index is 0.00000180. The molecular weight excluding hydrogens is 222 g/mol. The second-order valence-electron chi connectivity index (χ2n) is 4.44. The van der Waals surface area contributed by atoms with Crippen LogP contribution >= 0.6 is 0 Å². The fraction of sp³-hybridized carbons (Fsp3) is 0.188. The molecule has 0 heterocycles. The molecule has 0 radical (unpaired) electrons. The van der Waals surface area contributed by atoms with Crippen LogP contribution in [0, 0.1) is 0 Å². The highest BCUT2D eigenvalue weighted by Gasteiger charge is 2.35. The maximum Gasteiger partial charge on any atom is 0.234 e.